The Labute approximate surface area is 114 Å². The van der Waals surface area contributed by atoms with Gasteiger partial charge in [0.2, 0.25) is 0 Å². The van der Waals surface area contributed by atoms with Crippen LogP contribution >= 0.6 is 0 Å². The molecule has 1 aromatic heterocycles. The number of rotatable bonds is 2. The van der Waals surface area contributed by atoms with Crippen LogP contribution in [0.15, 0.2) is 6.20 Å². The second kappa shape index (κ2) is 4.87. The lowest BCUT2D eigenvalue weighted by atomic mass is 9.71. The molecule has 0 saturated heterocycles. The van der Waals surface area contributed by atoms with Gasteiger partial charge in [0.05, 0.1) is 5.69 Å². The van der Waals surface area contributed by atoms with Gasteiger partial charge in [0.1, 0.15) is 6.10 Å². The lowest BCUT2D eigenvalue weighted by molar-refractivity contribution is -0.00762. The smallest absolute Gasteiger partial charge is 0.361 e. The van der Waals surface area contributed by atoms with E-state index in [9.17, 15) is 4.79 Å². The van der Waals surface area contributed by atoms with Gasteiger partial charge in [-0.2, -0.15) is 5.10 Å². The van der Waals surface area contributed by atoms with Crippen molar-refractivity contribution in [2.24, 2.45) is 18.4 Å². The summed E-state index contributed by atoms with van der Waals surface area (Å²) in [4.78, 5) is 12.1. The molecule has 1 heterocycles. The highest BCUT2D eigenvalue weighted by Crippen LogP contribution is 2.39. The maximum absolute atomic E-state index is 12.1. The minimum atomic E-state index is -0.409. The molecule has 1 aliphatic carbocycles. The molecule has 106 valence electrons. The Hall–Kier alpha value is -1.52. The summed E-state index contributed by atoms with van der Waals surface area (Å²) < 4.78 is 7.11. The molecule has 2 unspecified atom stereocenters. The molecule has 1 saturated carbocycles. The van der Waals surface area contributed by atoms with E-state index in [0.717, 1.165) is 12.8 Å². The summed E-state index contributed by atoms with van der Waals surface area (Å²) >= 11 is 0. The zero-order chi connectivity index (χ0) is 14.2. The molecule has 2 N–H and O–H groups in total. The van der Waals surface area contributed by atoms with E-state index < -0.39 is 5.97 Å². The topological polar surface area (TPSA) is 70.1 Å². The summed E-state index contributed by atoms with van der Waals surface area (Å²) in [5, 5.41) is 4.05. The van der Waals surface area contributed by atoms with Crippen molar-refractivity contribution in [1.29, 1.82) is 0 Å². The van der Waals surface area contributed by atoms with E-state index in [0.29, 0.717) is 11.6 Å². The summed E-state index contributed by atoms with van der Waals surface area (Å²) in [6.45, 7) is 6.65. The first-order valence-corrected chi connectivity index (χ1v) is 6.77. The standard InChI is InChI=1S/C14H23N3O2/c1-9-5-10(7-14(2,3)6-9)19-13(18)12-11(15)8-17(4)16-12/h8-10H,5-7,15H2,1-4H3. The van der Waals surface area contributed by atoms with Crippen molar-refractivity contribution in [3.63, 3.8) is 0 Å². The Kier molecular flexibility index (Phi) is 3.56. The van der Waals surface area contributed by atoms with Crippen molar-refractivity contribution < 1.29 is 9.53 Å². The molecular weight excluding hydrogens is 242 g/mol. The predicted molar refractivity (Wildman–Crippen MR) is 73.6 cm³/mol. The molecule has 0 aliphatic heterocycles. The number of nitrogens with two attached hydrogens (primary N) is 1. The van der Waals surface area contributed by atoms with Crippen LogP contribution in [-0.2, 0) is 11.8 Å². The van der Waals surface area contributed by atoms with E-state index in [1.54, 1.807) is 13.2 Å². The molecule has 19 heavy (non-hydrogen) atoms. The van der Waals surface area contributed by atoms with Gasteiger partial charge in [-0.05, 0) is 30.6 Å². The first-order valence-electron chi connectivity index (χ1n) is 6.77. The molecule has 0 bridgehead atoms. The summed E-state index contributed by atoms with van der Waals surface area (Å²) in [6, 6.07) is 0. The zero-order valence-electron chi connectivity index (χ0n) is 12.1. The van der Waals surface area contributed by atoms with Crippen LogP contribution in [0.25, 0.3) is 0 Å². The molecule has 1 aromatic rings. The number of hydrogen-bond acceptors (Lipinski definition) is 4. The third-order valence-corrected chi connectivity index (χ3v) is 3.67. The molecule has 0 spiro atoms. The molecule has 2 atom stereocenters. The Balaban J connectivity index is 2.05. The van der Waals surface area contributed by atoms with Gasteiger partial charge in [-0.25, -0.2) is 4.79 Å². The van der Waals surface area contributed by atoms with Gasteiger partial charge >= 0.3 is 5.97 Å². The van der Waals surface area contributed by atoms with Crippen LogP contribution in [0, 0.1) is 11.3 Å². The lowest BCUT2D eigenvalue weighted by Crippen LogP contribution is -2.34. The molecule has 5 heteroatoms. The molecule has 1 fully saturated rings. The fourth-order valence-corrected chi connectivity index (χ4v) is 3.22. The first-order chi connectivity index (χ1) is 8.77. The summed E-state index contributed by atoms with van der Waals surface area (Å²) in [5.74, 6) is 0.163. The Bertz CT molecular complexity index is 479. The van der Waals surface area contributed by atoms with Crippen LogP contribution in [0.2, 0.25) is 0 Å². The largest absolute Gasteiger partial charge is 0.458 e. The van der Waals surface area contributed by atoms with Gasteiger partial charge in [-0.1, -0.05) is 20.8 Å². The number of esters is 1. The maximum atomic E-state index is 12.1. The molecule has 5 nitrogen and oxygen atoms in total. The maximum Gasteiger partial charge on any atom is 0.361 e. The number of aromatic nitrogens is 2. The van der Waals surface area contributed by atoms with E-state index in [2.05, 4.69) is 25.9 Å². The zero-order valence-corrected chi connectivity index (χ0v) is 12.1. The van der Waals surface area contributed by atoms with Crippen LogP contribution < -0.4 is 5.73 Å². The number of hydrogen-bond donors (Lipinski definition) is 1. The number of carbonyl (C=O) groups excluding carboxylic acids is 1. The van der Waals surface area contributed by atoms with Crippen molar-refractivity contribution in [2.75, 3.05) is 5.73 Å². The third-order valence-electron chi connectivity index (χ3n) is 3.67. The van der Waals surface area contributed by atoms with Gasteiger partial charge in [-0.3, -0.25) is 4.68 Å². The predicted octanol–water partition coefficient (Wildman–Crippen LogP) is 2.37. The van der Waals surface area contributed by atoms with Crippen molar-refractivity contribution in [1.82, 2.24) is 9.78 Å². The van der Waals surface area contributed by atoms with Gasteiger partial charge in [0.25, 0.3) is 0 Å². The van der Waals surface area contributed by atoms with Gasteiger partial charge in [0.15, 0.2) is 5.69 Å². The number of aryl methyl sites for hydroxylation is 1. The number of anilines is 1. The van der Waals surface area contributed by atoms with E-state index >= 15 is 0 Å². The Morgan fingerprint density at radius 2 is 2.21 bits per heavy atom. The second-order valence-electron chi connectivity index (χ2n) is 6.55. The SMILES string of the molecule is CC1CC(OC(=O)c2nn(C)cc2N)CC(C)(C)C1. The van der Waals surface area contributed by atoms with Crippen LogP contribution in [0.1, 0.15) is 50.5 Å². The molecule has 1 aliphatic rings. The average molecular weight is 265 g/mol. The molecule has 0 aromatic carbocycles. The normalized spacial score (nSPS) is 26.1. The molecule has 0 radical (unpaired) electrons. The fourth-order valence-electron chi connectivity index (χ4n) is 3.22. The Morgan fingerprint density at radius 3 is 2.74 bits per heavy atom. The highest BCUT2D eigenvalue weighted by molar-refractivity contribution is 5.92. The highest BCUT2D eigenvalue weighted by Gasteiger charge is 2.34. The minimum Gasteiger partial charge on any atom is -0.458 e. The molecule has 0 amide bonds. The number of nitrogen functional groups attached to an aromatic ring is 1. The third kappa shape index (κ3) is 3.28. The highest BCUT2D eigenvalue weighted by atomic mass is 16.5. The van der Waals surface area contributed by atoms with Crippen LogP contribution in [-0.4, -0.2) is 21.9 Å². The van der Waals surface area contributed by atoms with E-state index in [-0.39, 0.29) is 17.2 Å². The second-order valence-corrected chi connectivity index (χ2v) is 6.55. The van der Waals surface area contributed by atoms with Gasteiger partial charge in [-0.15, -0.1) is 0 Å². The summed E-state index contributed by atoms with van der Waals surface area (Å²) in [5.41, 5.74) is 6.56. The number of carbonyl (C=O) groups is 1. The van der Waals surface area contributed by atoms with E-state index in [1.165, 1.54) is 11.1 Å². The summed E-state index contributed by atoms with van der Waals surface area (Å²) in [6.07, 6.45) is 4.57. The molecule has 2 rings (SSSR count). The van der Waals surface area contributed by atoms with E-state index in [4.69, 9.17) is 10.5 Å². The van der Waals surface area contributed by atoms with Crippen molar-refractivity contribution in [3.05, 3.63) is 11.9 Å². The monoisotopic (exact) mass is 265 g/mol. The van der Waals surface area contributed by atoms with Gasteiger partial charge in [0, 0.05) is 13.2 Å². The number of nitrogens with zero attached hydrogens (tertiary/aromatic N) is 2. The van der Waals surface area contributed by atoms with Gasteiger partial charge < -0.3 is 10.5 Å². The van der Waals surface area contributed by atoms with Crippen molar-refractivity contribution in [3.8, 4) is 0 Å². The van der Waals surface area contributed by atoms with E-state index in [1.807, 2.05) is 0 Å². The Morgan fingerprint density at radius 1 is 1.53 bits per heavy atom. The quantitative estimate of drug-likeness (QED) is 0.833. The first kappa shape index (κ1) is 13.9. The summed E-state index contributed by atoms with van der Waals surface area (Å²) in [7, 11) is 1.74. The minimum absolute atomic E-state index is 0.0346. The number of ether oxygens (including phenoxy) is 1. The van der Waals surface area contributed by atoms with Crippen LogP contribution in [0.5, 0.6) is 0 Å². The van der Waals surface area contributed by atoms with Crippen molar-refractivity contribution >= 4 is 11.7 Å². The van der Waals surface area contributed by atoms with Crippen molar-refractivity contribution in [2.45, 2.75) is 46.1 Å². The van der Waals surface area contributed by atoms with Crippen LogP contribution in [0.4, 0.5) is 5.69 Å². The fraction of sp³-hybridized carbons (Fsp3) is 0.714. The molecular formula is C14H23N3O2. The average Bonchev–Trinajstić information content (AvgIpc) is 2.54. The lowest BCUT2D eigenvalue weighted by Gasteiger charge is -2.38. The van der Waals surface area contributed by atoms with Crippen LogP contribution in [0.3, 0.4) is 0 Å².